The molecule has 2 amide bonds. The zero-order chi connectivity index (χ0) is 14.3. The SMILES string of the molecule is CC(C)C1C(=O)N2CCCC2C(=O)N1c1cccnc1. The van der Waals surface area contributed by atoms with E-state index in [0.717, 1.165) is 18.5 Å². The molecule has 0 saturated carbocycles. The van der Waals surface area contributed by atoms with Gasteiger partial charge in [-0.05, 0) is 30.9 Å². The van der Waals surface area contributed by atoms with Crippen molar-refractivity contribution in [1.82, 2.24) is 9.88 Å². The summed E-state index contributed by atoms with van der Waals surface area (Å²) in [7, 11) is 0. The first-order valence-corrected chi connectivity index (χ1v) is 7.15. The van der Waals surface area contributed by atoms with Crippen LogP contribution in [0.5, 0.6) is 0 Å². The van der Waals surface area contributed by atoms with Crippen molar-refractivity contribution >= 4 is 17.5 Å². The molecule has 0 radical (unpaired) electrons. The van der Waals surface area contributed by atoms with Gasteiger partial charge in [0, 0.05) is 12.7 Å². The Bertz CT molecular complexity index is 529. The molecule has 2 fully saturated rings. The number of rotatable bonds is 2. The molecule has 5 nitrogen and oxygen atoms in total. The van der Waals surface area contributed by atoms with Gasteiger partial charge in [0.15, 0.2) is 0 Å². The summed E-state index contributed by atoms with van der Waals surface area (Å²) in [6, 6.07) is 2.95. The van der Waals surface area contributed by atoms with Gasteiger partial charge in [-0.15, -0.1) is 0 Å². The van der Waals surface area contributed by atoms with Gasteiger partial charge in [0.05, 0.1) is 11.9 Å². The van der Waals surface area contributed by atoms with E-state index in [1.54, 1.807) is 28.3 Å². The first-order valence-electron chi connectivity index (χ1n) is 7.15. The molecular weight excluding hydrogens is 254 g/mol. The summed E-state index contributed by atoms with van der Waals surface area (Å²) < 4.78 is 0. The lowest BCUT2D eigenvalue weighted by molar-refractivity contribution is -0.145. The second-order valence-electron chi connectivity index (χ2n) is 5.80. The molecule has 0 aromatic carbocycles. The van der Waals surface area contributed by atoms with Gasteiger partial charge in [0.1, 0.15) is 12.1 Å². The van der Waals surface area contributed by atoms with E-state index in [4.69, 9.17) is 0 Å². The second kappa shape index (κ2) is 4.89. The van der Waals surface area contributed by atoms with Crippen molar-refractivity contribution in [2.75, 3.05) is 11.4 Å². The highest BCUT2D eigenvalue weighted by Gasteiger charge is 2.49. The van der Waals surface area contributed by atoms with Gasteiger partial charge >= 0.3 is 0 Å². The van der Waals surface area contributed by atoms with E-state index in [2.05, 4.69) is 4.98 Å². The summed E-state index contributed by atoms with van der Waals surface area (Å²) in [5, 5.41) is 0. The number of hydrogen-bond acceptors (Lipinski definition) is 3. The Kier molecular flexibility index (Phi) is 3.20. The summed E-state index contributed by atoms with van der Waals surface area (Å²) >= 11 is 0. The number of aromatic nitrogens is 1. The first kappa shape index (κ1) is 13.1. The normalized spacial score (nSPS) is 26.4. The van der Waals surface area contributed by atoms with Crippen LogP contribution in [-0.2, 0) is 9.59 Å². The molecule has 3 rings (SSSR count). The summed E-state index contributed by atoms with van der Waals surface area (Å²) in [6.07, 6.45) is 5.01. The van der Waals surface area contributed by atoms with E-state index >= 15 is 0 Å². The van der Waals surface area contributed by atoms with E-state index in [9.17, 15) is 9.59 Å². The predicted octanol–water partition coefficient (Wildman–Crippen LogP) is 1.44. The van der Waals surface area contributed by atoms with Gasteiger partial charge in [-0.3, -0.25) is 19.5 Å². The molecule has 5 heteroatoms. The number of piperazine rings is 1. The highest BCUT2D eigenvalue weighted by molar-refractivity contribution is 6.08. The monoisotopic (exact) mass is 273 g/mol. The van der Waals surface area contributed by atoms with Crippen LogP contribution in [0.25, 0.3) is 0 Å². The van der Waals surface area contributed by atoms with Crippen LogP contribution in [0.2, 0.25) is 0 Å². The molecule has 20 heavy (non-hydrogen) atoms. The molecular formula is C15H19N3O2. The van der Waals surface area contributed by atoms with Gasteiger partial charge in [0.2, 0.25) is 5.91 Å². The summed E-state index contributed by atoms with van der Waals surface area (Å²) in [5.41, 5.74) is 0.719. The van der Waals surface area contributed by atoms with Crippen LogP contribution in [0.4, 0.5) is 5.69 Å². The van der Waals surface area contributed by atoms with Gasteiger partial charge in [-0.1, -0.05) is 13.8 Å². The molecule has 3 heterocycles. The van der Waals surface area contributed by atoms with Crippen molar-refractivity contribution < 1.29 is 9.59 Å². The lowest BCUT2D eigenvalue weighted by Crippen LogP contribution is -2.64. The van der Waals surface area contributed by atoms with Crippen molar-refractivity contribution in [3.8, 4) is 0 Å². The Labute approximate surface area is 118 Å². The van der Waals surface area contributed by atoms with Crippen molar-refractivity contribution in [2.24, 2.45) is 5.92 Å². The summed E-state index contributed by atoms with van der Waals surface area (Å²) in [4.78, 5) is 33.0. The molecule has 2 aliphatic rings. The van der Waals surface area contributed by atoms with E-state index < -0.39 is 6.04 Å². The van der Waals surface area contributed by atoms with E-state index in [0.29, 0.717) is 6.54 Å². The van der Waals surface area contributed by atoms with Gasteiger partial charge in [0.25, 0.3) is 5.91 Å². The molecule has 1 aromatic rings. The van der Waals surface area contributed by atoms with Crippen LogP contribution < -0.4 is 4.90 Å². The fraction of sp³-hybridized carbons (Fsp3) is 0.533. The van der Waals surface area contributed by atoms with Crippen molar-refractivity contribution in [3.05, 3.63) is 24.5 Å². The fourth-order valence-electron chi connectivity index (χ4n) is 3.23. The second-order valence-corrected chi connectivity index (χ2v) is 5.80. The highest BCUT2D eigenvalue weighted by Crippen LogP contribution is 2.32. The van der Waals surface area contributed by atoms with E-state index in [-0.39, 0.29) is 23.8 Å². The minimum absolute atomic E-state index is 0.0359. The zero-order valence-electron chi connectivity index (χ0n) is 11.8. The van der Waals surface area contributed by atoms with Crippen molar-refractivity contribution in [1.29, 1.82) is 0 Å². The molecule has 0 N–H and O–H groups in total. The molecule has 0 bridgehead atoms. The molecule has 0 spiro atoms. The summed E-state index contributed by atoms with van der Waals surface area (Å²) in [6.45, 7) is 4.67. The lowest BCUT2D eigenvalue weighted by atomic mass is 9.95. The van der Waals surface area contributed by atoms with Crippen molar-refractivity contribution in [3.63, 3.8) is 0 Å². The van der Waals surface area contributed by atoms with Crippen molar-refractivity contribution in [2.45, 2.75) is 38.8 Å². The first-order chi connectivity index (χ1) is 9.61. The third kappa shape index (κ3) is 1.88. The van der Waals surface area contributed by atoms with E-state index in [1.807, 2.05) is 19.9 Å². The Balaban J connectivity index is 2.04. The fourth-order valence-corrected chi connectivity index (χ4v) is 3.23. The standard InChI is InChI=1S/C15H19N3O2/c1-10(2)13-15(20)17-8-4-6-12(17)14(19)18(13)11-5-3-7-16-9-11/h3,5,7,9-10,12-13H,4,6,8H2,1-2H3. The highest BCUT2D eigenvalue weighted by atomic mass is 16.2. The minimum atomic E-state index is -0.416. The molecule has 2 aliphatic heterocycles. The van der Waals surface area contributed by atoms with Crippen LogP contribution in [0.3, 0.4) is 0 Å². The number of nitrogens with zero attached hydrogens (tertiary/aromatic N) is 3. The Morgan fingerprint density at radius 3 is 2.75 bits per heavy atom. The molecule has 106 valence electrons. The average molecular weight is 273 g/mol. The van der Waals surface area contributed by atoms with E-state index in [1.165, 1.54) is 0 Å². The Morgan fingerprint density at radius 2 is 2.10 bits per heavy atom. The summed E-state index contributed by atoms with van der Waals surface area (Å²) in [5.74, 6) is 0.188. The maximum Gasteiger partial charge on any atom is 0.250 e. The number of fused-ring (bicyclic) bond motifs is 1. The average Bonchev–Trinajstić information content (AvgIpc) is 2.93. The van der Waals surface area contributed by atoms with Crippen LogP contribution in [-0.4, -0.2) is 40.3 Å². The Hall–Kier alpha value is -1.91. The number of carbonyl (C=O) groups is 2. The largest absolute Gasteiger partial charge is 0.329 e. The Morgan fingerprint density at radius 1 is 1.30 bits per heavy atom. The molecule has 0 aliphatic carbocycles. The molecule has 2 saturated heterocycles. The predicted molar refractivity (Wildman–Crippen MR) is 75.1 cm³/mol. The van der Waals surface area contributed by atoms with Crippen LogP contribution >= 0.6 is 0 Å². The van der Waals surface area contributed by atoms with Gasteiger partial charge in [-0.2, -0.15) is 0 Å². The number of anilines is 1. The third-order valence-electron chi connectivity index (χ3n) is 4.15. The third-order valence-corrected chi connectivity index (χ3v) is 4.15. The molecule has 2 unspecified atom stereocenters. The minimum Gasteiger partial charge on any atom is -0.329 e. The number of pyridine rings is 1. The smallest absolute Gasteiger partial charge is 0.250 e. The number of carbonyl (C=O) groups excluding carboxylic acids is 2. The maximum atomic E-state index is 12.8. The lowest BCUT2D eigenvalue weighted by Gasteiger charge is -2.43. The molecule has 2 atom stereocenters. The molecule has 1 aromatic heterocycles. The maximum absolute atomic E-state index is 12.8. The van der Waals surface area contributed by atoms with Crippen LogP contribution in [0.1, 0.15) is 26.7 Å². The quantitative estimate of drug-likeness (QED) is 0.819. The number of hydrogen-bond donors (Lipinski definition) is 0. The van der Waals surface area contributed by atoms with Gasteiger partial charge < -0.3 is 4.90 Å². The zero-order valence-corrected chi connectivity index (χ0v) is 11.8. The topological polar surface area (TPSA) is 53.5 Å². The van der Waals surface area contributed by atoms with Gasteiger partial charge in [-0.25, -0.2) is 0 Å². The van der Waals surface area contributed by atoms with Crippen LogP contribution in [0.15, 0.2) is 24.5 Å². The number of amides is 2. The van der Waals surface area contributed by atoms with Crippen LogP contribution in [0, 0.1) is 5.92 Å².